The summed E-state index contributed by atoms with van der Waals surface area (Å²) in [6.45, 7) is 1.97. The van der Waals surface area contributed by atoms with Gasteiger partial charge in [-0.3, -0.25) is 0 Å². The largest absolute Gasteiger partial charge is 0.478 e. The highest BCUT2D eigenvalue weighted by Crippen LogP contribution is 2.49. The van der Waals surface area contributed by atoms with E-state index >= 15 is 0 Å². The third-order valence-electron chi connectivity index (χ3n) is 4.97. The van der Waals surface area contributed by atoms with Crippen molar-refractivity contribution in [2.75, 3.05) is 11.5 Å². The van der Waals surface area contributed by atoms with Crippen molar-refractivity contribution in [2.45, 2.75) is 22.8 Å². The number of carbonyl (C=O) groups excluding carboxylic acids is 1. The van der Waals surface area contributed by atoms with Crippen molar-refractivity contribution in [3.8, 4) is 6.07 Å². The minimum Gasteiger partial charge on any atom is -0.478 e. The van der Waals surface area contributed by atoms with Crippen LogP contribution in [0.5, 0.6) is 0 Å². The molecule has 6 nitrogen and oxygen atoms in total. The van der Waals surface area contributed by atoms with Crippen LogP contribution >= 0.6 is 11.8 Å². The fourth-order valence-electron chi connectivity index (χ4n) is 3.52. The molecular formula is C24H18N2O4S. The van der Waals surface area contributed by atoms with E-state index in [9.17, 15) is 20.0 Å². The number of carboxylic acids is 1. The highest BCUT2D eigenvalue weighted by molar-refractivity contribution is 7.99. The first-order valence-corrected chi connectivity index (χ1v) is 10.4. The maximum atomic E-state index is 12.6. The van der Waals surface area contributed by atoms with Gasteiger partial charge in [-0.1, -0.05) is 36.0 Å². The lowest BCUT2D eigenvalue weighted by Crippen LogP contribution is -2.35. The third-order valence-corrected chi connectivity index (χ3v) is 6.10. The average molecular weight is 430 g/mol. The van der Waals surface area contributed by atoms with E-state index in [0.29, 0.717) is 5.56 Å². The summed E-state index contributed by atoms with van der Waals surface area (Å²) in [5.41, 5.74) is 2.30. The van der Waals surface area contributed by atoms with Crippen LogP contribution < -0.4 is 4.90 Å². The Kier molecular flexibility index (Phi) is 5.65. The van der Waals surface area contributed by atoms with Gasteiger partial charge in [0.2, 0.25) is 0 Å². The van der Waals surface area contributed by atoms with Crippen molar-refractivity contribution < 1.29 is 19.4 Å². The van der Waals surface area contributed by atoms with Crippen LogP contribution in [0.1, 0.15) is 33.2 Å². The molecule has 1 atom stereocenters. The molecule has 0 radical (unpaired) electrons. The molecule has 7 heteroatoms. The summed E-state index contributed by atoms with van der Waals surface area (Å²) in [5, 5.41) is 18.7. The number of benzene rings is 3. The summed E-state index contributed by atoms with van der Waals surface area (Å²) in [4.78, 5) is 28.1. The van der Waals surface area contributed by atoms with Crippen molar-refractivity contribution in [1.29, 1.82) is 5.26 Å². The first kappa shape index (κ1) is 20.5. The zero-order chi connectivity index (χ0) is 22.0. The molecule has 1 aliphatic heterocycles. The number of fused-ring (bicyclic) bond motifs is 2. The van der Waals surface area contributed by atoms with Gasteiger partial charge >= 0.3 is 11.9 Å². The minimum atomic E-state index is -1.18. The SMILES string of the molecule is CC(COC(=O)c1ccccc1C(=O)O)N1c2ccccc2Sc2ccc(C#N)cc21. The zero-order valence-corrected chi connectivity index (χ0v) is 17.4. The fourth-order valence-corrected chi connectivity index (χ4v) is 4.58. The summed E-state index contributed by atoms with van der Waals surface area (Å²) in [6.07, 6.45) is 0. The molecule has 3 aromatic carbocycles. The van der Waals surface area contributed by atoms with Gasteiger partial charge < -0.3 is 14.7 Å². The molecule has 0 aliphatic carbocycles. The van der Waals surface area contributed by atoms with Crippen molar-refractivity contribution >= 4 is 35.1 Å². The smallest absolute Gasteiger partial charge is 0.339 e. The van der Waals surface area contributed by atoms with Crippen LogP contribution in [0.3, 0.4) is 0 Å². The number of nitriles is 1. The second kappa shape index (κ2) is 8.54. The quantitative estimate of drug-likeness (QED) is 0.563. The third kappa shape index (κ3) is 3.98. The van der Waals surface area contributed by atoms with Gasteiger partial charge in [0.1, 0.15) is 6.61 Å². The molecule has 1 N–H and O–H groups in total. The molecule has 0 amide bonds. The molecule has 31 heavy (non-hydrogen) atoms. The van der Waals surface area contributed by atoms with Gasteiger partial charge in [0.05, 0.1) is 40.2 Å². The maximum absolute atomic E-state index is 12.6. The molecule has 3 aromatic rings. The normalized spacial score (nSPS) is 12.8. The number of carbonyl (C=O) groups is 2. The molecule has 0 spiro atoms. The van der Waals surface area contributed by atoms with E-state index in [0.717, 1.165) is 21.2 Å². The van der Waals surface area contributed by atoms with E-state index < -0.39 is 11.9 Å². The minimum absolute atomic E-state index is 0.0176. The fraction of sp³-hybridized carbons (Fsp3) is 0.125. The van der Waals surface area contributed by atoms with Crippen LogP contribution in [-0.4, -0.2) is 29.7 Å². The van der Waals surface area contributed by atoms with Gasteiger partial charge in [-0.2, -0.15) is 5.26 Å². The van der Waals surface area contributed by atoms with Crippen LogP contribution in [0.15, 0.2) is 76.5 Å². The zero-order valence-electron chi connectivity index (χ0n) is 16.6. The van der Waals surface area contributed by atoms with Crippen molar-refractivity contribution in [3.63, 3.8) is 0 Å². The van der Waals surface area contributed by atoms with Gasteiger partial charge in [-0.05, 0) is 49.4 Å². The number of esters is 1. The summed E-state index contributed by atoms with van der Waals surface area (Å²) >= 11 is 1.63. The predicted molar refractivity (Wildman–Crippen MR) is 117 cm³/mol. The molecule has 0 bridgehead atoms. The maximum Gasteiger partial charge on any atom is 0.339 e. The Hall–Kier alpha value is -3.76. The van der Waals surface area contributed by atoms with Gasteiger partial charge in [-0.25, -0.2) is 9.59 Å². The van der Waals surface area contributed by atoms with Gasteiger partial charge in [0.25, 0.3) is 0 Å². The van der Waals surface area contributed by atoms with Gasteiger partial charge in [0.15, 0.2) is 0 Å². The van der Waals surface area contributed by atoms with Crippen molar-refractivity contribution in [1.82, 2.24) is 0 Å². The molecule has 0 saturated carbocycles. The summed E-state index contributed by atoms with van der Waals surface area (Å²) in [6, 6.07) is 21.3. The Balaban J connectivity index is 1.62. The Morgan fingerprint density at radius 3 is 2.45 bits per heavy atom. The number of para-hydroxylation sites is 1. The Bertz CT molecular complexity index is 1220. The molecule has 0 saturated heterocycles. The summed E-state index contributed by atoms with van der Waals surface area (Å²) < 4.78 is 5.50. The van der Waals surface area contributed by atoms with Crippen LogP contribution in [-0.2, 0) is 4.74 Å². The standard InChI is InChI=1S/C24H18N2O4S/c1-15(14-30-24(29)18-7-3-2-6-17(18)23(27)28)26-19-8-4-5-9-21(19)31-22-11-10-16(13-25)12-20(22)26/h2-12,15H,14H2,1H3,(H,27,28). The first-order chi connectivity index (χ1) is 15.0. The predicted octanol–water partition coefficient (Wildman–Crippen LogP) is 5.10. The van der Waals surface area contributed by atoms with Crippen LogP contribution in [0.2, 0.25) is 0 Å². The Labute approximate surface area is 183 Å². The first-order valence-electron chi connectivity index (χ1n) is 9.59. The van der Waals surface area contributed by atoms with E-state index in [1.165, 1.54) is 12.1 Å². The Morgan fingerprint density at radius 1 is 1.03 bits per heavy atom. The highest BCUT2D eigenvalue weighted by atomic mass is 32.2. The molecule has 0 aromatic heterocycles. The molecular weight excluding hydrogens is 412 g/mol. The number of ether oxygens (including phenoxy) is 1. The van der Waals surface area contributed by atoms with E-state index in [1.807, 2.05) is 43.3 Å². The molecule has 1 unspecified atom stereocenters. The van der Waals surface area contributed by atoms with Crippen molar-refractivity contribution in [3.05, 3.63) is 83.4 Å². The van der Waals surface area contributed by atoms with Crippen LogP contribution in [0.4, 0.5) is 11.4 Å². The van der Waals surface area contributed by atoms with E-state index in [2.05, 4.69) is 11.0 Å². The number of rotatable bonds is 5. The van der Waals surface area contributed by atoms with Crippen LogP contribution in [0.25, 0.3) is 0 Å². The lowest BCUT2D eigenvalue weighted by Gasteiger charge is -2.37. The van der Waals surface area contributed by atoms with Crippen LogP contribution in [0, 0.1) is 11.3 Å². The number of hydrogen-bond acceptors (Lipinski definition) is 6. The van der Waals surface area contributed by atoms with E-state index in [1.54, 1.807) is 30.0 Å². The number of aromatic carboxylic acids is 1. The van der Waals surface area contributed by atoms with E-state index in [4.69, 9.17) is 4.74 Å². The molecule has 154 valence electrons. The lowest BCUT2D eigenvalue weighted by molar-refractivity contribution is 0.0477. The number of nitrogens with zero attached hydrogens (tertiary/aromatic N) is 2. The van der Waals surface area contributed by atoms with Gasteiger partial charge in [0, 0.05) is 9.79 Å². The topological polar surface area (TPSA) is 90.6 Å². The second-order valence-electron chi connectivity index (χ2n) is 7.03. The number of hydrogen-bond donors (Lipinski definition) is 1. The average Bonchev–Trinajstić information content (AvgIpc) is 2.80. The highest BCUT2D eigenvalue weighted by Gasteiger charge is 2.28. The summed E-state index contributed by atoms with van der Waals surface area (Å²) in [7, 11) is 0. The summed E-state index contributed by atoms with van der Waals surface area (Å²) in [5.74, 6) is -1.86. The monoisotopic (exact) mass is 430 g/mol. The van der Waals surface area contributed by atoms with E-state index in [-0.39, 0.29) is 23.8 Å². The van der Waals surface area contributed by atoms with Crippen molar-refractivity contribution in [2.24, 2.45) is 0 Å². The molecule has 4 rings (SSSR count). The molecule has 1 aliphatic rings. The number of carboxylic acid groups (broad SMARTS) is 1. The van der Waals surface area contributed by atoms with Gasteiger partial charge in [-0.15, -0.1) is 0 Å². The molecule has 0 fully saturated rings. The lowest BCUT2D eigenvalue weighted by atomic mass is 10.1. The Morgan fingerprint density at radius 2 is 1.71 bits per heavy atom. The number of anilines is 2. The second-order valence-corrected chi connectivity index (χ2v) is 8.12. The molecule has 1 heterocycles.